The summed E-state index contributed by atoms with van der Waals surface area (Å²) in [7, 11) is 0. The second-order valence-corrected chi connectivity index (χ2v) is 6.33. The molecule has 1 aromatic carbocycles. The molecular formula is C17H25F3N2. The Morgan fingerprint density at radius 3 is 2.18 bits per heavy atom. The number of likely N-dealkylation sites (tertiary alicyclic amines) is 1. The number of halogens is 3. The van der Waals surface area contributed by atoms with Crippen LogP contribution in [0.15, 0.2) is 18.2 Å². The molecule has 0 spiro atoms. The molecular weight excluding hydrogens is 289 g/mol. The molecule has 1 saturated heterocycles. The molecule has 0 unspecified atom stereocenters. The van der Waals surface area contributed by atoms with Gasteiger partial charge in [0.05, 0.1) is 6.54 Å². The first-order valence-electron chi connectivity index (χ1n) is 7.94. The van der Waals surface area contributed by atoms with Gasteiger partial charge in [-0.1, -0.05) is 35.7 Å². The van der Waals surface area contributed by atoms with Crippen molar-refractivity contribution in [2.24, 2.45) is 0 Å². The zero-order chi connectivity index (χ0) is 16.2. The number of hydrogen-bond donors (Lipinski definition) is 1. The standard InChI is InChI=1S/C17H25F3N2/c1-13-8-14(2)10-15(9-13)16(21-12-17(18,19)20)11-22-6-4-3-5-7-22/h8-10,16,21H,3-7,11-12H2,1-2H3/t16-/m0/s1. The molecule has 5 heteroatoms. The van der Waals surface area contributed by atoms with E-state index in [1.165, 1.54) is 6.42 Å². The lowest BCUT2D eigenvalue weighted by atomic mass is 10.00. The number of hydrogen-bond acceptors (Lipinski definition) is 2. The summed E-state index contributed by atoms with van der Waals surface area (Å²) in [4.78, 5) is 2.27. The highest BCUT2D eigenvalue weighted by molar-refractivity contribution is 5.31. The lowest BCUT2D eigenvalue weighted by Gasteiger charge is -2.31. The topological polar surface area (TPSA) is 15.3 Å². The second kappa shape index (κ2) is 7.47. The van der Waals surface area contributed by atoms with Crippen molar-refractivity contribution < 1.29 is 13.2 Å². The van der Waals surface area contributed by atoms with Crippen LogP contribution in [-0.2, 0) is 0 Å². The molecule has 22 heavy (non-hydrogen) atoms. The smallest absolute Gasteiger partial charge is 0.301 e. The molecule has 0 aromatic heterocycles. The molecule has 1 fully saturated rings. The quantitative estimate of drug-likeness (QED) is 0.884. The van der Waals surface area contributed by atoms with Gasteiger partial charge in [-0.25, -0.2) is 0 Å². The largest absolute Gasteiger partial charge is 0.401 e. The van der Waals surface area contributed by atoms with Gasteiger partial charge in [-0.2, -0.15) is 13.2 Å². The van der Waals surface area contributed by atoms with Gasteiger partial charge in [-0.15, -0.1) is 0 Å². The molecule has 124 valence electrons. The van der Waals surface area contributed by atoms with Crippen molar-refractivity contribution in [1.29, 1.82) is 0 Å². The first kappa shape index (κ1) is 17.3. The van der Waals surface area contributed by atoms with Crippen molar-refractivity contribution in [3.05, 3.63) is 34.9 Å². The monoisotopic (exact) mass is 314 g/mol. The SMILES string of the molecule is Cc1cc(C)cc([C@H](CN2CCCCC2)NCC(F)(F)F)c1. The van der Waals surface area contributed by atoms with Crippen LogP contribution in [0.25, 0.3) is 0 Å². The Morgan fingerprint density at radius 1 is 1.05 bits per heavy atom. The van der Waals surface area contributed by atoms with E-state index in [4.69, 9.17) is 0 Å². The van der Waals surface area contributed by atoms with Gasteiger partial charge in [0.2, 0.25) is 0 Å². The summed E-state index contributed by atoms with van der Waals surface area (Å²) in [6.45, 7) is 5.62. The predicted molar refractivity (Wildman–Crippen MR) is 83.0 cm³/mol. The molecule has 0 aliphatic carbocycles. The summed E-state index contributed by atoms with van der Waals surface area (Å²) in [6.07, 6.45) is -0.683. The van der Waals surface area contributed by atoms with Crippen molar-refractivity contribution in [2.75, 3.05) is 26.2 Å². The molecule has 1 aromatic rings. The molecule has 0 saturated carbocycles. The van der Waals surface area contributed by atoms with Crippen LogP contribution in [0.4, 0.5) is 13.2 Å². The van der Waals surface area contributed by atoms with E-state index in [9.17, 15) is 13.2 Å². The molecule has 1 atom stereocenters. The summed E-state index contributed by atoms with van der Waals surface area (Å²) in [5.41, 5.74) is 3.13. The van der Waals surface area contributed by atoms with E-state index in [1.54, 1.807) is 0 Å². The number of alkyl halides is 3. The molecule has 2 nitrogen and oxygen atoms in total. The van der Waals surface area contributed by atoms with Crippen molar-refractivity contribution in [1.82, 2.24) is 10.2 Å². The van der Waals surface area contributed by atoms with E-state index in [2.05, 4.69) is 10.2 Å². The summed E-state index contributed by atoms with van der Waals surface area (Å²) >= 11 is 0. The Hall–Kier alpha value is -1.07. The lowest BCUT2D eigenvalue weighted by Crippen LogP contribution is -2.41. The van der Waals surface area contributed by atoms with Gasteiger partial charge < -0.3 is 10.2 Å². The highest BCUT2D eigenvalue weighted by atomic mass is 19.4. The Kier molecular flexibility index (Phi) is 5.87. The number of piperidine rings is 1. The average Bonchev–Trinajstić information content (AvgIpc) is 2.42. The molecule has 1 aliphatic heterocycles. The molecule has 0 bridgehead atoms. The van der Waals surface area contributed by atoms with Crippen LogP contribution in [0.1, 0.15) is 42.0 Å². The van der Waals surface area contributed by atoms with Gasteiger partial charge in [0.25, 0.3) is 0 Å². The minimum atomic E-state index is -4.18. The zero-order valence-corrected chi connectivity index (χ0v) is 13.3. The van der Waals surface area contributed by atoms with Crippen molar-refractivity contribution in [3.63, 3.8) is 0 Å². The van der Waals surface area contributed by atoms with Crippen molar-refractivity contribution in [2.45, 2.75) is 45.3 Å². The number of nitrogens with one attached hydrogen (secondary N) is 1. The van der Waals surface area contributed by atoms with E-state index in [1.807, 2.05) is 32.0 Å². The Balaban J connectivity index is 2.12. The van der Waals surface area contributed by atoms with E-state index in [0.29, 0.717) is 6.54 Å². The van der Waals surface area contributed by atoms with E-state index in [-0.39, 0.29) is 6.04 Å². The third-order valence-electron chi connectivity index (χ3n) is 4.08. The van der Waals surface area contributed by atoms with Crippen molar-refractivity contribution in [3.8, 4) is 0 Å². The van der Waals surface area contributed by atoms with Crippen LogP contribution in [0.3, 0.4) is 0 Å². The van der Waals surface area contributed by atoms with Gasteiger partial charge >= 0.3 is 6.18 Å². The fraction of sp³-hybridized carbons (Fsp3) is 0.647. The average molecular weight is 314 g/mol. The van der Waals surface area contributed by atoms with Gasteiger partial charge in [-0.05, 0) is 45.3 Å². The molecule has 0 radical (unpaired) electrons. The summed E-state index contributed by atoms with van der Waals surface area (Å²) in [5, 5.41) is 2.71. The van der Waals surface area contributed by atoms with Crippen LogP contribution < -0.4 is 5.32 Å². The summed E-state index contributed by atoms with van der Waals surface area (Å²) < 4.78 is 37.8. The first-order valence-corrected chi connectivity index (χ1v) is 7.94. The molecule has 1 aliphatic rings. The molecule has 1 heterocycles. The highest BCUT2D eigenvalue weighted by Gasteiger charge is 2.29. The summed E-state index contributed by atoms with van der Waals surface area (Å²) in [6, 6.07) is 5.75. The van der Waals surface area contributed by atoms with Gasteiger partial charge in [0, 0.05) is 12.6 Å². The number of benzene rings is 1. The molecule has 0 amide bonds. The lowest BCUT2D eigenvalue weighted by molar-refractivity contribution is -0.126. The Morgan fingerprint density at radius 2 is 1.64 bits per heavy atom. The normalized spacial score (nSPS) is 18.4. The first-order chi connectivity index (χ1) is 10.3. The number of rotatable bonds is 5. The van der Waals surface area contributed by atoms with Crippen LogP contribution in [0.5, 0.6) is 0 Å². The van der Waals surface area contributed by atoms with Crippen LogP contribution in [-0.4, -0.2) is 37.3 Å². The third-order valence-corrected chi connectivity index (χ3v) is 4.08. The van der Waals surface area contributed by atoms with E-state index in [0.717, 1.165) is 42.6 Å². The van der Waals surface area contributed by atoms with Crippen LogP contribution in [0.2, 0.25) is 0 Å². The minimum absolute atomic E-state index is 0.279. The Labute approximate surface area is 130 Å². The van der Waals surface area contributed by atoms with Crippen molar-refractivity contribution >= 4 is 0 Å². The zero-order valence-electron chi connectivity index (χ0n) is 13.3. The minimum Gasteiger partial charge on any atom is -0.301 e. The number of aryl methyl sites for hydroxylation is 2. The maximum Gasteiger partial charge on any atom is 0.401 e. The van der Waals surface area contributed by atoms with Gasteiger partial charge in [0.15, 0.2) is 0 Å². The molecule has 1 N–H and O–H groups in total. The van der Waals surface area contributed by atoms with Gasteiger partial charge in [-0.3, -0.25) is 0 Å². The molecule has 2 rings (SSSR count). The highest BCUT2D eigenvalue weighted by Crippen LogP contribution is 2.22. The fourth-order valence-corrected chi connectivity index (χ4v) is 3.14. The second-order valence-electron chi connectivity index (χ2n) is 6.33. The van der Waals surface area contributed by atoms with E-state index < -0.39 is 12.7 Å². The van der Waals surface area contributed by atoms with Gasteiger partial charge in [0.1, 0.15) is 0 Å². The Bertz CT molecular complexity index is 459. The van der Waals surface area contributed by atoms with Crippen LogP contribution in [0, 0.1) is 13.8 Å². The fourth-order valence-electron chi connectivity index (χ4n) is 3.14. The van der Waals surface area contributed by atoms with E-state index >= 15 is 0 Å². The third kappa shape index (κ3) is 5.61. The predicted octanol–water partition coefficient (Wildman–Crippen LogP) is 3.98. The van der Waals surface area contributed by atoms with Crippen LogP contribution >= 0.6 is 0 Å². The maximum atomic E-state index is 12.6. The summed E-state index contributed by atoms with van der Waals surface area (Å²) in [5.74, 6) is 0. The maximum absolute atomic E-state index is 12.6. The number of nitrogens with zero attached hydrogens (tertiary/aromatic N) is 1.